The topological polar surface area (TPSA) is 65.4 Å². The van der Waals surface area contributed by atoms with Crippen LogP contribution >= 0.6 is 11.6 Å². The van der Waals surface area contributed by atoms with Crippen LogP contribution in [0.3, 0.4) is 0 Å². The minimum Gasteiger partial charge on any atom is -0.393 e. The van der Waals surface area contributed by atoms with E-state index in [9.17, 15) is 10.2 Å². The number of benzene rings is 1. The lowest BCUT2D eigenvalue weighted by molar-refractivity contribution is -0.0330. The van der Waals surface area contributed by atoms with Crippen LogP contribution in [0.2, 0.25) is 5.15 Å². The second kappa shape index (κ2) is 9.48. The third-order valence-corrected chi connectivity index (χ3v) is 9.15. The summed E-state index contributed by atoms with van der Waals surface area (Å²) in [6.45, 7) is 2.33. The summed E-state index contributed by atoms with van der Waals surface area (Å²) in [5, 5.41) is 27.7. The van der Waals surface area contributed by atoms with Crippen molar-refractivity contribution in [3.05, 3.63) is 70.6 Å². The summed E-state index contributed by atoms with van der Waals surface area (Å²) in [5.41, 5.74) is 4.01. The van der Waals surface area contributed by atoms with E-state index in [1.54, 1.807) is 6.20 Å². The van der Waals surface area contributed by atoms with Crippen molar-refractivity contribution in [2.75, 3.05) is 14.1 Å². The first-order valence-corrected chi connectivity index (χ1v) is 13.3. The highest BCUT2D eigenvalue weighted by Gasteiger charge is 2.55. The van der Waals surface area contributed by atoms with E-state index >= 15 is 0 Å². The molecule has 1 aromatic heterocycles. The number of nitrogens with one attached hydrogen (secondary N) is 1. The summed E-state index contributed by atoms with van der Waals surface area (Å²) in [6, 6.07) is 8.47. The zero-order chi connectivity index (χ0) is 24.8. The lowest BCUT2D eigenvalue weighted by atomic mass is 9.58. The van der Waals surface area contributed by atoms with Gasteiger partial charge in [0.05, 0.1) is 11.7 Å². The van der Waals surface area contributed by atoms with E-state index < -0.39 is 5.60 Å². The number of halogens is 1. The Morgan fingerprint density at radius 1 is 1.11 bits per heavy atom. The molecule has 2 aromatic rings. The molecule has 186 valence electrons. The fraction of sp³-hybridized carbons (Fsp3) is 0.500. The number of aliphatic hydroxyl groups excluding tert-OH is 1. The number of hydrogen-bond acceptors (Lipinski definition) is 4. The van der Waals surface area contributed by atoms with Gasteiger partial charge in [0, 0.05) is 22.9 Å². The summed E-state index contributed by atoms with van der Waals surface area (Å²) in [5.74, 6) is 0.663. The Hall–Kier alpha value is -1.98. The Morgan fingerprint density at radius 3 is 2.71 bits per heavy atom. The maximum atomic E-state index is 12.2. The summed E-state index contributed by atoms with van der Waals surface area (Å²) >= 11 is 6.40. The van der Waals surface area contributed by atoms with Gasteiger partial charge in [-0.2, -0.15) is 0 Å². The number of fused-ring (bicyclic) bond motifs is 5. The monoisotopic (exact) mass is 492 g/mol. The van der Waals surface area contributed by atoms with E-state index in [0.717, 1.165) is 61.3 Å². The number of aromatic nitrogens is 1. The Bertz CT molecular complexity index is 1220. The van der Waals surface area contributed by atoms with Crippen LogP contribution in [-0.4, -0.2) is 41.0 Å². The molecule has 0 spiro atoms. The average Bonchev–Trinajstić information content (AvgIpc) is 3.12. The Morgan fingerprint density at radius 2 is 1.91 bits per heavy atom. The van der Waals surface area contributed by atoms with Crippen LogP contribution in [0.4, 0.5) is 0 Å². The predicted octanol–water partition coefficient (Wildman–Crippen LogP) is 6.08. The quantitative estimate of drug-likeness (QED) is 0.422. The fourth-order valence-corrected chi connectivity index (χ4v) is 7.28. The highest BCUT2D eigenvalue weighted by molar-refractivity contribution is 6.34. The zero-order valence-corrected chi connectivity index (χ0v) is 21.8. The second-order valence-electron chi connectivity index (χ2n) is 11.0. The van der Waals surface area contributed by atoms with Crippen LogP contribution in [0, 0.1) is 17.3 Å². The molecule has 0 aliphatic heterocycles. The van der Waals surface area contributed by atoms with Crippen molar-refractivity contribution >= 4 is 27.9 Å². The molecule has 4 aliphatic rings. The van der Waals surface area contributed by atoms with Gasteiger partial charge in [-0.15, -0.1) is 0 Å². The van der Waals surface area contributed by atoms with Crippen molar-refractivity contribution in [2.45, 2.75) is 63.6 Å². The zero-order valence-electron chi connectivity index (χ0n) is 21.0. The Kier molecular flexibility index (Phi) is 6.69. The van der Waals surface area contributed by atoms with Gasteiger partial charge in [-0.3, -0.25) is 0 Å². The van der Waals surface area contributed by atoms with E-state index in [1.165, 1.54) is 16.7 Å². The van der Waals surface area contributed by atoms with E-state index in [4.69, 9.17) is 11.6 Å². The molecule has 1 heterocycles. The smallest absolute Gasteiger partial charge is 0.136 e. The second-order valence-corrected chi connectivity index (χ2v) is 11.4. The highest BCUT2D eigenvalue weighted by Crippen LogP contribution is 2.61. The van der Waals surface area contributed by atoms with Crippen LogP contribution < -0.4 is 5.32 Å². The maximum absolute atomic E-state index is 12.2. The number of nitrogens with zero attached hydrogens (tertiary/aromatic N) is 1. The van der Waals surface area contributed by atoms with Crippen LogP contribution in [0.25, 0.3) is 16.3 Å². The van der Waals surface area contributed by atoms with Crippen LogP contribution in [0.5, 0.6) is 0 Å². The molecule has 0 amide bonds. The molecule has 0 radical (unpaired) electrons. The van der Waals surface area contributed by atoms with Gasteiger partial charge in [-0.1, -0.05) is 54.5 Å². The lowest BCUT2D eigenvalue weighted by Gasteiger charge is -2.48. The SMILES string of the molecule is CC12CC=C3C=C4CC(O)CCC4CC[C@]3(O)C1CC=C2c1ccc2ccnc(Cl)c2c1.CNC. The van der Waals surface area contributed by atoms with Gasteiger partial charge in [0.1, 0.15) is 5.15 Å². The number of aliphatic hydroxyl groups is 2. The van der Waals surface area contributed by atoms with E-state index in [2.05, 4.69) is 53.7 Å². The molecule has 3 N–H and O–H groups in total. The predicted molar refractivity (Wildman–Crippen MR) is 144 cm³/mol. The van der Waals surface area contributed by atoms with Gasteiger partial charge < -0.3 is 15.5 Å². The van der Waals surface area contributed by atoms with Gasteiger partial charge >= 0.3 is 0 Å². The Labute approximate surface area is 213 Å². The van der Waals surface area contributed by atoms with Crippen molar-refractivity contribution in [3.63, 3.8) is 0 Å². The summed E-state index contributed by atoms with van der Waals surface area (Å²) < 4.78 is 0. The first kappa shape index (κ1) is 24.7. The lowest BCUT2D eigenvalue weighted by Crippen LogP contribution is -2.48. The normalized spacial score (nSPS) is 33.8. The average molecular weight is 493 g/mol. The number of pyridine rings is 1. The first-order valence-electron chi connectivity index (χ1n) is 13.0. The minimum absolute atomic E-state index is 0.117. The summed E-state index contributed by atoms with van der Waals surface area (Å²) in [6.07, 6.45) is 14.7. The third kappa shape index (κ3) is 4.19. The fourth-order valence-electron chi connectivity index (χ4n) is 7.06. The highest BCUT2D eigenvalue weighted by atomic mass is 35.5. The van der Waals surface area contributed by atoms with Crippen molar-refractivity contribution in [1.29, 1.82) is 0 Å². The minimum atomic E-state index is -0.809. The molecule has 5 heteroatoms. The van der Waals surface area contributed by atoms with Crippen molar-refractivity contribution in [2.24, 2.45) is 17.3 Å². The van der Waals surface area contributed by atoms with E-state index in [1.807, 2.05) is 20.2 Å². The molecular weight excluding hydrogens is 456 g/mol. The van der Waals surface area contributed by atoms with Crippen LogP contribution in [-0.2, 0) is 0 Å². The standard InChI is InChI=1S/C28H30ClNO2.C2H7N/c1-27-11-9-21-14-20-15-22(31)5-4-17(20)8-12-28(21,32)25(27)7-6-24(27)19-3-2-18-10-13-30-26(29)23(18)16-19;1-3-2/h2-3,6,9-10,13-14,16-17,22,25,31-32H,4-5,7-8,11-12,15H2,1H3;3H,1-2H3/t17?,22?,25?,27?,28-;/m1./s1. The molecule has 4 aliphatic carbocycles. The maximum Gasteiger partial charge on any atom is 0.136 e. The van der Waals surface area contributed by atoms with Crippen LogP contribution in [0.1, 0.15) is 57.4 Å². The summed E-state index contributed by atoms with van der Waals surface area (Å²) in [7, 11) is 3.75. The van der Waals surface area contributed by atoms with Gasteiger partial charge in [0.15, 0.2) is 0 Å². The number of allylic oxidation sites excluding steroid dienone is 3. The van der Waals surface area contributed by atoms with Gasteiger partial charge in [0.2, 0.25) is 0 Å². The largest absolute Gasteiger partial charge is 0.393 e. The van der Waals surface area contributed by atoms with Gasteiger partial charge in [-0.25, -0.2) is 4.98 Å². The molecule has 1 aromatic carbocycles. The number of hydrogen-bond donors (Lipinski definition) is 3. The van der Waals surface area contributed by atoms with E-state index in [-0.39, 0.29) is 17.4 Å². The van der Waals surface area contributed by atoms with Crippen molar-refractivity contribution < 1.29 is 10.2 Å². The molecule has 1 saturated carbocycles. The molecule has 35 heavy (non-hydrogen) atoms. The van der Waals surface area contributed by atoms with Gasteiger partial charge in [-0.05, 0) is 99.2 Å². The number of rotatable bonds is 1. The van der Waals surface area contributed by atoms with Crippen molar-refractivity contribution in [1.82, 2.24) is 10.3 Å². The summed E-state index contributed by atoms with van der Waals surface area (Å²) in [4.78, 5) is 4.26. The van der Waals surface area contributed by atoms with E-state index in [0.29, 0.717) is 11.1 Å². The molecule has 4 nitrogen and oxygen atoms in total. The molecule has 0 saturated heterocycles. The molecule has 6 rings (SSSR count). The molecule has 0 bridgehead atoms. The molecular formula is C30H37ClN2O2. The van der Waals surface area contributed by atoms with Gasteiger partial charge in [0.25, 0.3) is 0 Å². The molecule has 4 unspecified atom stereocenters. The Balaban J connectivity index is 0.000000806. The van der Waals surface area contributed by atoms with Crippen LogP contribution in [0.15, 0.2) is 59.8 Å². The third-order valence-electron chi connectivity index (χ3n) is 8.85. The molecule has 5 atom stereocenters. The first-order chi connectivity index (χ1) is 16.8. The molecule has 1 fully saturated rings. The van der Waals surface area contributed by atoms with Crippen molar-refractivity contribution in [3.8, 4) is 0 Å².